The Bertz CT molecular complexity index is 1380. The molecule has 9 atom stereocenters. The summed E-state index contributed by atoms with van der Waals surface area (Å²) in [5.41, 5.74) is 5.45. The molecule has 0 N–H and O–H groups in total. The topological polar surface area (TPSA) is 35.5 Å². The minimum Gasteiger partial charge on any atom is -0.353 e. The van der Waals surface area contributed by atoms with E-state index in [0.717, 1.165) is 19.4 Å². The normalized spacial score (nSPS) is 42.1. The molecule has 0 aromatic heterocycles. The van der Waals surface area contributed by atoms with Gasteiger partial charge in [0, 0.05) is 12.5 Å². The van der Waals surface area contributed by atoms with Gasteiger partial charge in [-0.05, 0) is 90.5 Å². The van der Waals surface area contributed by atoms with Crippen molar-refractivity contribution in [1.29, 1.82) is 0 Å². The van der Waals surface area contributed by atoms with Gasteiger partial charge in [-0.3, -0.25) is 4.79 Å². The molecule has 2 aromatic carbocycles. The maximum absolute atomic E-state index is 14.7. The third kappa shape index (κ3) is 2.79. The van der Waals surface area contributed by atoms with Gasteiger partial charge in [0.15, 0.2) is 12.1 Å². The second-order valence-electron chi connectivity index (χ2n) is 12.8. The molecule has 3 nitrogen and oxygen atoms in total. The summed E-state index contributed by atoms with van der Waals surface area (Å²) < 4.78 is 12.1. The van der Waals surface area contributed by atoms with Gasteiger partial charge in [-0.25, -0.2) is 0 Å². The number of ketones is 1. The Balaban J connectivity index is 1.21. The first kappa shape index (κ1) is 23.2. The van der Waals surface area contributed by atoms with E-state index in [4.69, 9.17) is 9.47 Å². The number of fused-ring (bicyclic) bond motifs is 5. The highest BCUT2D eigenvalue weighted by molar-refractivity contribution is 6.23. The van der Waals surface area contributed by atoms with Gasteiger partial charge in [0.05, 0.1) is 17.4 Å². The van der Waals surface area contributed by atoms with Crippen LogP contribution in [0.3, 0.4) is 0 Å². The average Bonchev–Trinajstić information content (AvgIpc) is 3.21. The first-order valence-corrected chi connectivity index (χ1v) is 14.6. The molecule has 3 fully saturated rings. The van der Waals surface area contributed by atoms with E-state index in [-0.39, 0.29) is 6.29 Å². The van der Waals surface area contributed by atoms with Gasteiger partial charge in [0.2, 0.25) is 0 Å². The average molecular weight is 505 g/mol. The molecule has 0 amide bonds. The van der Waals surface area contributed by atoms with Gasteiger partial charge < -0.3 is 9.47 Å². The molecule has 0 spiro atoms. The summed E-state index contributed by atoms with van der Waals surface area (Å²) in [6, 6.07) is 21.5. The van der Waals surface area contributed by atoms with Crippen LogP contribution in [-0.4, -0.2) is 25.3 Å². The minimum atomic E-state index is -0.475. The number of benzene rings is 2. The van der Waals surface area contributed by atoms with Crippen molar-refractivity contribution < 1.29 is 14.3 Å². The number of hydrogen-bond donors (Lipinski definition) is 0. The van der Waals surface area contributed by atoms with Crippen LogP contribution in [0.15, 0.2) is 84.5 Å². The van der Waals surface area contributed by atoms with Crippen molar-refractivity contribution in [2.24, 2.45) is 46.3 Å². The molecule has 9 rings (SSSR count). The summed E-state index contributed by atoms with van der Waals surface area (Å²) in [6.07, 6.45) is 10.6. The molecule has 1 heterocycles. The standard InChI is InChI=1S/C35H36O3/c1-34-29(21-11-5-3-6-12-21)30(22-13-7-4-8-14-22)35(2,33(34)36)32-28-25-17-16-23(27(28)31(32)34)19-24(25)20-38-26-15-9-10-18-37-26/h3-8,11-14,16-17,19,23,25-28,31-32H,9-10,15,18,20H2,1-2H3/t23-,25-,26+,27-,28+,31-,32+,34+,35-/m0/s1. The van der Waals surface area contributed by atoms with E-state index < -0.39 is 10.8 Å². The lowest BCUT2D eigenvalue weighted by Crippen LogP contribution is -2.62. The van der Waals surface area contributed by atoms with Crippen molar-refractivity contribution in [3.8, 4) is 0 Å². The minimum absolute atomic E-state index is 0.0689. The molecule has 3 heteroatoms. The molecular formula is C35H36O3. The first-order chi connectivity index (χ1) is 18.5. The van der Waals surface area contributed by atoms with Crippen molar-refractivity contribution in [3.05, 3.63) is 95.6 Å². The molecule has 6 aliphatic carbocycles. The zero-order valence-electron chi connectivity index (χ0n) is 22.3. The Morgan fingerprint density at radius 2 is 1.47 bits per heavy atom. The van der Waals surface area contributed by atoms with E-state index in [1.54, 1.807) is 0 Å². The lowest BCUT2D eigenvalue weighted by atomic mass is 9.37. The van der Waals surface area contributed by atoms with Crippen molar-refractivity contribution in [2.75, 3.05) is 13.2 Å². The summed E-state index contributed by atoms with van der Waals surface area (Å²) >= 11 is 0. The van der Waals surface area contributed by atoms with Crippen molar-refractivity contribution in [2.45, 2.75) is 39.4 Å². The highest BCUT2D eigenvalue weighted by Crippen LogP contribution is 2.82. The number of ether oxygens (including phenoxy) is 2. The molecule has 2 aromatic rings. The van der Waals surface area contributed by atoms with Crippen LogP contribution in [0.2, 0.25) is 0 Å². The van der Waals surface area contributed by atoms with Crippen LogP contribution in [0.5, 0.6) is 0 Å². The number of rotatable bonds is 5. The second kappa shape index (κ2) is 8.13. The van der Waals surface area contributed by atoms with Crippen LogP contribution in [-0.2, 0) is 14.3 Å². The summed E-state index contributed by atoms with van der Waals surface area (Å²) in [4.78, 5) is 14.7. The number of carbonyl (C=O) groups excluding carboxylic acids is 1. The van der Waals surface area contributed by atoms with Crippen LogP contribution in [0, 0.1) is 46.3 Å². The fraction of sp³-hybridized carbons (Fsp3) is 0.457. The van der Waals surface area contributed by atoms with Crippen molar-refractivity contribution in [3.63, 3.8) is 0 Å². The summed E-state index contributed by atoms with van der Waals surface area (Å²) in [6.45, 7) is 6.03. The molecule has 2 saturated carbocycles. The molecular weight excluding hydrogens is 468 g/mol. The Morgan fingerprint density at radius 1 is 0.842 bits per heavy atom. The molecule has 1 aliphatic heterocycles. The van der Waals surface area contributed by atoms with Gasteiger partial charge in [0.1, 0.15) is 0 Å². The molecule has 4 bridgehead atoms. The van der Waals surface area contributed by atoms with Gasteiger partial charge in [-0.2, -0.15) is 0 Å². The lowest BCUT2D eigenvalue weighted by Gasteiger charge is -2.65. The number of allylic oxidation sites excluding steroid dienone is 5. The highest BCUT2D eigenvalue weighted by atomic mass is 16.7. The molecule has 1 saturated heterocycles. The summed E-state index contributed by atoms with van der Waals surface area (Å²) in [5, 5.41) is 0. The number of carbonyl (C=O) groups is 1. The van der Waals surface area contributed by atoms with Crippen molar-refractivity contribution in [1.82, 2.24) is 0 Å². The fourth-order valence-electron chi connectivity index (χ4n) is 9.86. The van der Waals surface area contributed by atoms with Gasteiger partial charge >= 0.3 is 0 Å². The fourth-order valence-corrected chi connectivity index (χ4v) is 9.86. The quantitative estimate of drug-likeness (QED) is 0.413. The van der Waals surface area contributed by atoms with Crippen LogP contribution >= 0.6 is 0 Å². The van der Waals surface area contributed by atoms with E-state index in [1.807, 2.05) is 0 Å². The Morgan fingerprint density at radius 3 is 2.08 bits per heavy atom. The van der Waals surface area contributed by atoms with E-state index >= 15 is 0 Å². The number of Topliss-reactive ketones (excluding diaryl/α,β-unsaturated/α-hetero) is 1. The van der Waals surface area contributed by atoms with Gasteiger partial charge in [0.25, 0.3) is 0 Å². The first-order valence-electron chi connectivity index (χ1n) is 14.6. The third-order valence-electron chi connectivity index (χ3n) is 11.2. The van der Waals surface area contributed by atoms with Gasteiger partial charge in [-0.1, -0.05) is 78.9 Å². The largest absolute Gasteiger partial charge is 0.353 e. The smallest absolute Gasteiger partial charge is 0.158 e. The second-order valence-corrected chi connectivity index (χ2v) is 12.8. The highest BCUT2D eigenvalue weighted by Gasteiger charge is 2.81. The number of hydrogen-bond acceptors (Lipinski definition) is 3. The Labute approximate surface area is 225 Å². The zero-order valence-corrected chi connectivity index (χ0v) is 22.3. The van der Waals surface area contributed by atoms with Crippen LogP contribution in [0.4, 0.5) is 0 Å². The summed E-state index contributed by atoms with van der Waals surface area (Å²) in [7, 11) is 0. The van der Waals surface area contributed by atoms with Crippen molar-refractivity contribution >= 4 is 16.9 Å². The predicted octanol–water partition coefficient (Wildman–Crippen LogP) is 6.97. The maximum atomic E-state index is 14.7. The SMILES string of the molecule is C[C@]12C(=O)[C@](C)(C(c3ccccc3)=C1c1ccccc1)[C@H]1[C@H]3[C@H]4C=C[C@@H](C(CO[C@@H]5CCCCO5)=C4)[C@H]3[C@H]12. The Kier molecular flexibility index (Phi) is 4.96. The van der Waals surface area contributed by atoms with Crippen LogP contribution in [0.25, 0.3) is 11.1 Å². The lowest BCUT2D eigenvalue weighted by molar-refractivity contribution is -0.161. The molecule has 38 heavy (non-hydrogen) atoms. The monoisotopic (exact) mass is 504 g/mol. The van der Waals surface area contributed by atoms with E-state index in [1.165, 1.54) is 34.3 Å². The molecule has 7 aliphatic rings. The third-order valence-corrected chi connectivity index (χ3v) is 11.2. The Hall–Kier alpha value is -2.75. The molecule has 0 unspecified atom stereocenters. The predicted molar refractivity (Wildman–Crippen MR) is 149 cm³/mol. The van der Waals surface area contributed by atoms with E-state index in [2.05, 4.69) is 92.7 Å². The maximum Gasteiger partial charge on any atom is 0.158 e. The summed E-state index contributed by atoms with van der Waals surface area (Å²) in [5.74, 6) is 2.96. The van der Waals surface area contributed by atoms with Gasteiger partial charge in [-0.15, -0.1) is 0 Å². The zero-order chi connectivity index (χ0) is 25.6. The molecule has 194 valence electrons. The van der Waals surface area contributed by atoms with E-state index in [0.29, 0.717) is 47.9 Å². The molecule has 0 radical (unpaired) electrons. The van der Waals surface area contributed by atoms with Crippen LogP contribution < -0.4 is 0 Å². The van der Waals surface area contributed by atoms with E-state index in [9.17, 15) is 4.79 Å². The van der Waals surface area contributed by atoms with Crippen LogP contribution in [0.1, 0.15) is 44.2 Å².